The molecular weight excluding hydrogens is 349 g/mol. The Morgan fingerprint density at radius 2 is 2.05 bits per heavy atom. The zero-order chi connectivity index (χ0) is 15.8. The number of ether oxygens (including phenoxy) is 2. The van der Waals surface area contributed by atoms with Gasteiger partial charge in [0, 0.05) is 22.8 Å². The normalized spacial score (nSPS) is 15.3. The number of nitro groups is 1. The molecule has 0 aliphatic carbocycles. The zero-order valence-electron chi connectivity index (χ0n) is 10.1. The van der Waals surface area contributed by atoms with E-state index in [1.165, 1.54) is 0 Å². The van der Waals surface area contributed by atoms with Crippen LogP contribution in [0.25, 0.3) is 0 Å². The summed E-state index contributed by atoms with van der Waals surface area (Å²) in [6.45, 7) is 0.387. The number of halogens is 2. The molecule has 0 N–H and O–H groups in total. The SMILES string of the molecule is O=C(OC1COC1)c1cc([N+](=O)[O-])cc(S(=O)(=O)Cl)c1Cl. The number of benzene rings is 1. The minimum absolute atomic E-state index is 0.193. The summed E-state index contributed by atoms with van der Waals surface area (Å²) in [6, 6.07) is 1.50. The highest BCUT2D eigenvalue weighted by atomic mass is 35.7. The Morgan fingerprint density at radius 3 is 2.48 bits per heavy atom. The lowest BCUT2D eigenvalue weighted by molar-refractivity contribution is -0.385. The lowest BCUT2D eigenvalue weighted by Gasteiger charge is -2.25. The molecule has 0 aromatic heterocycles. The van der Waals surface area contributed by atoms with Gasteiger partial charge in [-0.25, -0.2) is 13.2 Å². The highest BCUT2D eigenvalue weighted by Crippen LogP contribution is 2.33. The van der Waals surface area contributed by atoms with E-state index in [4.69, 9.17) is 31.8 Å². The minimum atomic E-state index is -4.36. The van der Waals surface area contributed by atoms with Gasteiger partial charge in [0.25, 0.3) is 14.7 Å². The first kappa shape index (κ1) is 16.0. The van der Waals surface area contributed by atoms with Crippen molar-refractivity contribution >= 4 is 43.0 Å². The van der Waals surface area contributed by atoms with Gasteiger partial charge in [-0.15, -0.1) is 0 Å². The molecule has 1 saturated heterocycles. The molecule has 1 fully saturated rings. The third kappa shape index (κ3) is 3.43. The van der Waals surface area contributed by atoms with E-state index in [2.05, 4.69) is 0 Å². The molecular formula is C10H7Cl2NO7S. The summed E-state index contributed by atoms with van der Waals surface area (Å²) in [7, 11) is 0.792. The molecule has 2 rings (SSSR count). The molecule has 1 heterocycles. The average Bonchev–Trinajstić information content (AvgIpc) is 2.32. The topological polar surface area (TPSA) is 113 Å². The van der Waals surface area contributed by atoms with Crippen LogP contribution in [0.5, 0.6) is 0 Å². The van der Waals surface area contributed by atoms with Crippen LogP contribution in [0, 0.1) is 10.1 Å². The Hall–Kier alpha value is -1.42. The van der Waals surface area contributed by atoms with Gasteiger partial charge in [0.05, 0.1) is 28.7 Å². The van der Waals surface area contributed by atoms with Crippen molar-refractivity contribution in [1.29, 1.82) is 0 Å². The van der Waals surface area contributed by atoms with Gasteiger partial charge >= 0.3 is 5.97 Å². The van der Waals surface area contributed by atoms with E-state index in [0.29, 0.717) is 6.07 Å². The number of non-ortho nitro benzene ring substituents is 1. The van der Waals surface area contributed by atoms with Gasteiger partial charge in [0.1, 0.15) is 11.0 Å². The van der Waals surface area contributed by atoms with Crippen molar-refractivity contribution < 1.29 is 27.6 Å². The van der Waals surface area contributed by atoms with E-state index in [9.17, 15) is 23.3 Å². The van der Waals surface area contributed by atoms with E-state index in [1.54, 1.807) is 0 Å². The predicted molar refractivity (Wildman–Crippen MR) is 71.2 cm³/mol. The number of rotatable bonds is 4. The van der Waals surface area contributed by atoms with Crippen LogP contribution in [0.4, 0.5) is 5.69 Å². The highest BCUT2D eigenvalue weighted by Gasteiger charge is 2.29. The number of hydrogen-bond donors (Lipinski definition) is 0. The quantitative estimate of drug-likeness (QED) is 0.349. The Bertz CT molecular complexity index is 714. The maximum atomic E-state index is 11.9. The molecule has 1 aromatic carbocycles. The molecule has 0 atom stereocenters. The molecule has 0 amide bonds. The smallest absolute Gasteiger partial charge is 0.340 e. The number of carbonyl (C=O) groups is 1. The van der Waals surface area contributed by atoms with Gasteiger partial charge in [0.2, 0.25) is 0 Å². The molecule has 0 spiro atoms. The standard InChI is InChI=1S/C10H7Cl2NO7S/c11-9-7(10(14)20-6-3-19-4-6)1-5(13(15)16)2-8(9)21(12,17)18/h1-2,6H,3-4H2. The van der Waals surface area contributed by atoms with E-state index >= 15 is 0 Å². The van der Waals surface area contributed by atoms with Crippen LogP contribution in [-0.4, -0.2) is 38.6 Å². The zero-order valence-corrected chi connectivity index (χ0v) is 12.4. The van der Waals surface area contributed by atoms with Crippen molar-refractivity contribution in [2.45, 2.75) is 11.0 Å². The second kappa shape index (κ2) is 5.76. The molecule has 1 aromatic rings. The van der Waals surface area contributed by atoms with Crippen LogP contribution in [0.3, 0.4) is 0 Å². The van der Waals surface area contributed by atoms with Gasteiger partial charge in [-0.1, -0.05) is 11.6 Å². The molecule has 114 valence electrons. The van der Waals surface area contributed by atoms with Gasteiger partial charge in [0.15, 0.2) is 0 Å². The van der Waals surface area contributed by atoms with Crippen LogP contribution >= 0.6 is 22.3 Å². The molecule has 0 bridgehead atoms. The Labute approximate surface area is 128 Å². The lowest BCUT2D eigenvalue weighted by atomic mass is 10.2. The summed E-state index contributed by atoms with van der Waals surface area (Å²) in [4.78, 5) is 21.1. The summed E-state index contributed by atoms with van der Waals surface area (Å²) >= 11 is 5.79. The Balaban J connectivity index is 2.50. The van der Waals surface area contributed by atoms with Crippen LogP contribution in [0.15, 0.2) is 17.0 Å². The third-order valence-electron chi connectivity index (χ3n) is 2.60. The van der Waals surface area contributed by atoms with E-state index in [1.807, 2.05) is 0 Å². The first-order chi connectivity index (χ1) is 9.70. The highest BCUT2D eigenvalue weighted by molar-refractivity contribution is 8.13. The first-order valence-electron chi connectivity index (χ1n) is 5.41. The molecule has 0 saturated carbocycles. The van der Waals surface area contributed by atoms with Crippen molar-refractivity contribution in [3.8, 4) is 0 Å². The van der Waals surface area contributed by atoms with E-state index in [0.717, 1.165) is 6.07 Å². The molecule has 21 heavy (non-hydrogen) atoms. The fourth-order valence-corrected chi connectivity index (χ4v) is 3.07. The largest absolute Gasteiger partial charge is 0.454 e. The van der Waals surface area contributed by atoms with Crippen molar-refractivity contribution in [3.05, 3.63) is 32.8 Å². The fraction of sp³-hybridized carbons (Fsp3) is 0.300. The molecule has 8 nitrogen and oxygen atoms in total. The fourth-order valence-electron chi connectivity index (χ4n) is 1.51. The van der Waals surface area contributed by atoms with Crippen LogP contribution in [-0.2, 0) is 18.5 Å². The number of esters is 1. The first-order valence-corrected chi connectivity index (χ1v) is 8.10. The van der Waals surface area contributed by atoms with Crippen LogP contribution in [0.1, 0.15) is 10.4 Å². The molecule has 0 unspecified atom stereocenters. The monoisotopic (exact) mass is 355 g/mol. The number of nitro benzene ring substituents is 1. The predicted octanol–water partition coefficient (Wildman–Crippen LogP) is 1.73. The second-order valence-electron chi connectivity index (χ2n) is 4.07. The third-order valence-corrected chi connectivity index (χ3v) is 4.46. The number of carbonyl (C=O) groups excluding carboxylic acids is 1. The summed E-state index contributed by atoms with van der Waals surface area (Å²) in [5.74, 6) is -0.987. The van der Waals surface area contributed by atoms with E-state index in [-0.39, 0.29) is 13.2 Å². The maximum Gasteiger partial charge on any atom is 0.340 e. The van der Waals surface area contributed by atoms with Crippen LogP contribution < -0.4 is 0 Å². The van der Waals surface area contributed by atoms with Crippen molar-refractivity contribution in [2.75, 3.05) is 13.2 Å². The molecule has 11 heteroatoms. The Morgan fingerprint density at radius 1 is 1.43 bits per heavy atom. The van der Waals surface area contributed by atoms with Crippen molar-refractivity contribution in [1.82, 2.24) is 0 Å². The molecule has 1 aliphatic rings. The lowest BCUT2D eigenvalue weighted by Crippen LogP contribution is -2.37. The molecule has 0 radical (unpaired) electrons. The summed E-state index contributed by atoms with van der Waals surface area (Å²) in [5, 5.41) is 10.3. The second-order valence-corrected chi connectivity index (χ2v) is 6.98. The van der Waals surface area contributed by atoms with Crippen LogP contribution in [0.2, 0.25) is 5.02 Å². The minimum Gasteiger partial charge on any atom is -0.454 e. The number of hydrogen-bond acceptors (Lipinski definition) is 7. The van der Waals surface area contributed by atoms with Crippen molar-refractivity contribution in [2.24, 2.45) is 0 Å². The van der Waals surface area contributed by atoms with Gasteiger partial charge in [-0.3, -0.25) is 10.1 Å². The van der Waals surface area contributed by atoms with E-state index < -0.39 is 47.2 Å². The summed E-state index contributed by atoms with van der Waals surface area (Å²) in [6.07, 6.45) is -0.496. The maximum absolute atomic E-state index is 11.9. The molecule has 1 aliphatic heterocycles. The summed E-state index contributed by atoms with van der Waals surface area (Å²) < 4.78 is 32.5. The van der Waals surface area contributed by atoms with Crippen molar-refractivity contribution in [3.63, 3.8) is 0 Å². The van der Waals surface area contributed by atoms with Gasteiger partial charge in [-0.05, 0) is 0 Å². The average molecular weight is 356 g/mol. The number of nitrogens with zero attached hydrogens (tertiary/aromatic N) is 1. The van der Waals surface area contributed by atoms with Gasteiger partial charge in [-0.2, -0.15) is 0 Å². The van der Waals surface area contributed by atoms with Gasteiger partial charge < -0.3 is 9.47 Å². The summed E-state index contributed by atoms with van der Waals surface area (Å²) in [5.41, 5.74) is -1.09. The Kier molecular flexibility index (Phi) is 4.38.